The third-order valence-corrected chi connectivity index (χ3v) is 3.02. The lowest BCUT2D eigenvalue weighted by atomic mass is 10.1. The van der Waals surface area contributed by atoms with Crippen molar-refractivity contribution in [2.24, 2.45) is 0 Å². The van der Waals surface area contributed by atoms with E-state index in [1.54, 1.807) is 25.3 Å². The molecule has 2 aromatic rings. The molecule has 0 amide bonds. The van der Waals surface area contributed by atoms with Crippen LogP contribution >= 0.6 is 0 Å². The van der Waals surface area contributed by atoms with Gasteiger partial charge in [-0.15, -0.1) is 0 Å². The summed E-state index contributed by atoms with van der Waals surface area (Å²) >= 11 is 0. The van der Waals surface area contributed by atoms with Crippen LogP contribution in [-0.4, -0.2) is 14.2 Å². The first-order valence-electron chi connectivity index (χ1n) is 6.00. The molecule has 2 rings (SSSR count). The van der Waals surface area contributed by atoms with E-state index in [2.05, 4.69) is 0 Å². The second-order valence-corrected chi connectivity index (χ2v) is 4.37. The van der Waals surface area contributed by atoms with Crippen molar-refractivity contribution in [3.8, 4) is 5.75 Å². The van der Waals surface area contributed by atoms with Crippen molar-refractivity contribution in [1.29, 1.82) is 0 Å². The largest absolute Gasteiger partial charge is 0.497 e. The van der Waals surface area contributed by atoms with E-state index in [0.717, 1.165) is 11.3 Å². The summed E-state index contributed by atoms with van der Waals surface area (Å²) in [5.74, 6) is 0.479. The van der Waals surface area contributed by atoms with Gasteiger partial charge in [0.05, 0.1) is 12.8 Å². The first-order chi connectivity index (χ1) is 9.11. The van der Waals surface area contributed by atoms with Crippen molar-refractivity contribution in [3.63, 3.8) is 0 Å². The molecular weight excluding hydrogens is 243 g/mol. The molecule has 0 aromatic heterocycles. The second kappa shape index (κ2) is 5.61. The minimum atomic E-state index is -0.239. The summed E-state index contributed by atoms with van der Waals surface area (Å²) in [7, 11) is 3.43. The summed E-state index contributed by atoms with van der Waals surface area (Å²) in [4.78, 5) is 1.83. The first-order valence-corrected chi connectivity index (χ1v) is 6.00. The Bertz CT molecular complexity index is 572. The number of benzene rings is 2. The quantitative estimate of drug-likeness (QED) is 0.859. The Labute approximate surface area is 112 Å². The van der Waals surface area contributed by atoms with Gasteiger partial charge in [0.2, 0.25) is 0 Å². The molecule has 0 saturated heterocycles. The monoisotopic (exact) mass is 260 g/mol. The molecule has 0 aliphatic heterocycles. The Balaban J connectivity index is 2.19. The van der Waals surface area contributed by atoms with Crippen LogP contribution in [0.25, 0.3) is 0 Å². The third kappa shape index (κ3) is 2.96. The topological polar surface area (TPSA) is 38.5 Å². The fourth-order valence-electron chi connectivity index (χ4n) is 1.95. The minimum absolute atomic E-state index is 0.239. The number of methoxy groups -OCH3 is 1. The molecule has 2 aromatic carbocycles. The van der Waals surface area contributed by atoms with Crippen LogP contribution in [-0.2, 0) is 6.54 Å². The standard InChI is InChI=1S/C15H17FN2O/c1-18(15-6-4-3-5-13(15)16)10-11-7-8-12(19-2)9-14(11)17/h3-9H,10,17H2,1-2H3. The third-order valence-electron chi connectivity index (χ3n) is 3.02. The maximum Gasteiger partial charge on any atom is 0.146 e. The molecule has 100 valence electrons. The number of hydrogen-bond acceptors (Lipinski definition) is 3. The number of nitrogens with two attached hydrogens (primary N) is 1. The van der Waals surface area contributed by atoms with Crippen molar-refractivity contribution in [1.82, 2.24) is 0 Å². The van der Waals surface area contributed by atoms with Gasteiger partial charge >= 0.3 is 0 Å². The number of anilines is 2. The molecule has 0 atom stereocenters. The predicted octanol–water partition coefficient (Wildman–Crippen LogP) is 3.05. The zero-order chi connectivity index (χ0) is 13.8. The van der Waals surface area contributed by atoms with Crippen molar-refractivity contribution < 1.29 is 9.13 Å². The predicted molar refractivity (Wildman–Crippen MR) is 75.9 cm³/mol. The highest BCUT2D eigenvalue weighted by molar-refractivity contribution is 5.54. The van der Waals surface area contributed by atoms with Gasteiger partial charge in [-0.3, -0.25) is 0 Å². The molecule has 0 unspecified atom stereocenters. The van der Waals surface area contributed by atoms with Gasteiger partial charge in [0.25, 0.3) is 0 Å². The van der Waals surface area contributed by atoms with Gasteiger partial charge in [-0.05, 0) is 23.8 Å². The molecule has 0 fully saturated rings. The van der Waals surface area contributed by atoms with Crippen LogP contribution in [0.4, 0.5) is 15.8 Å². The summed E-state index contributed by atoms with van der Waals surface area (Å²) in [5, 5.41) is 0. The van der Waals surface area contributed by atoms with Crippen molar-refractivity contribution in [2.45, 2.75) is 6.54 Å². The molecule has 0 spiro atoms. The number of halogens is 1. The highest BCUT2D eigenvalue weighted by Crippen LogP contribution is 2.24. The Morgan fingerprint density at radius 3 is 2.58 bits per heavy atom. The van der Waals surface area contributed by atoms with Crippen molar-refractivity contribution >= 4 is 11.4 Å². The van der Waals surface area contributed by atoms with Crippen molar-refractivity contribution in [2.75, 3.05) is 24.8 Å². The fraction of sp³-hybridized carbons (Fsp3) is 0.200. The highest BCUT2D eigenvalue weighted by atomic mass is 19.1. The summed E-state index contributed by atoms with van der Waals surface area (Å²) < 4.78 is 18.8. The lowest BCUT2D eigenvalue weighted by molar-refractivity contribution is 0.415. The summed E-state index contributed by atoms with van der Waals surface area (Å²) in [6.45, 7) is 0.538. The van der Waals surface area contributed by atoms with Gasteiger partial charge in [0, 0.05) is 25.3 Å². The minimum Gasteiger partial charge on any atom is -0.497 e. The van der Waals surface area contributed by atoms with Crippen LogP contribution < -0.4 is 15.4 Å². The molecule has 4 heteroatoms. The van der Waals surface area contributed by atoms with E-state index in [0.29, 0.717) is 17.9 Å². The summed E-state index contributed by atoms with van der Waals surface area (Å²) in [6.07, 6.45) is 0. The van der Waals surface area contributed by atoms with E-state index >= 15 is 0 Å². The van der Waals surface area contributed by atoms with Gasteiger partial charge in [-0.1, -0.05) is 18.2 Å². The zero-order valence-corrected chi connectivity index (χ0v) is 11.1. The summed E-state index contributed by atoms with van der Waals surface area (Å²) in [6, 6.07) is 12.2. The lowest BCUT2D eigenvalue weighted by Crippen LogP contribution is -2.18. The molecule has 2 N–H and O–H groups in total. The molecule has 0 bridgehead atoms. The first kappa shape index (κ1) is 13.2. The molecular formula is C15H17FN2O. The average molecular weight is 260 g/mol. The smallest absolute Gasteiger partial charge is 0.146 e. The van der Waals surface area contributed by atoms with Crippen LogP contribution in [0.2, 0.25) is 0 Å². The summed E-state index contributed by atoms with van der Waals surface area (Å²) in [5.41, 5.74) is 8.09. The van der Waals surface area contributed by atoms with Crippen LogP contribution in [0.1, 0.15) is 5.56 Å². The lowest BCUT2D eigenvalue weighted by Gasteiger charge is -2.21. The molecule has 0 heterocycles. The van der Waals surface area contributed by atoms with E-state index < -0.39 is 0 Å². The number of rotatable bonds is 4. The number of hydrogen-bond donors (Lipinski definition) is 1. The fourth-order valence-corrected chi connectivity index (χ4v) is 1.95. The highest BCUT2D eigenvalue weighted by Gasteiger charge is 2.09. The molecule has 19 heavy (non-hydrogen) atoms. The Hall–Kier alpha value is -2.23. The van der Waals surface area contributed by atoms with Crippen LogP contribution in [0, 0.1) is 5.82 Å². The Morgan fingerprint density at radius 1 is 1.21 bits per heavy atom. The SMILES string of the molecule is COc1ccc(CN(C)c2ccccc2F)c(N)c1. The molecule has 3 nitrogen and oxygen atoms in total. The normalized spacial score (nSPS) is 10.3. The van der Waals surface area contributed by atoms with E-state index in [1.807, 2.05) is 30.1 Å². The molecule has 0 aliphatic rings. The number of nitrogens with zero attached hydrogens (tertiary/aromatic N) is 1. The van der Waals surface area contributed by atoms with Crippen LogP contribution in [0.5, 0.6) is 5.75 Å². The van der Waals surface area contributed by atoms with Crippen LogP contribution in [0.3, 0.4) is 0 Å². The maximum absolute atomic E-state index is 13.7. The average Bonchev–Trinajstić information content (AvgIpc) is 2.41. The second-order valence-electron chi connectivity index (χ2n) is 4.37. The van der Waals surface area contributed by atoms with Gasteiger partial charge < -0.3 is 15.4 Å². The molecule has 0 radical (unpaired) electrons. The van der Waals surface area contributed by atoms with E-state index in [9.17, 15) is 4.39 Å². The number of ether oxygens (including phenoxy) is 1. The zero-order valence-electron chi connectivity index (χ0n) is 11.1. The number of para-hydroxylation sites is 1. The van der Waals surface area contributed by atoms with Crippen LogP contribution in [0.15, 0.2) is 42.5 Å². The Kier molecular flexibility index (Phi) is 3.90. The van der Waals surface area contributed by atoms with E-state index in [1.165, 1.54) is 6.07 Å². The van der Waals surface area contributed by atoms with Gasteiger partial charge in [-0.2, -0.15) is 0 Å². The molecule has 0 saturated carbocycles. The van der Waals surface area contributed by atoms with Gasteiger partial charge in [-0.25, -0.2) is 4.39 Å². The van der Waals surface area contributed by atoms with Crippen molar-refractivity contribution in [3.05, 3.63) is 53.8 Å². The van der Waals surface area contributed by atoms with Gasteiger partial charge in [0.1, 0.15) is 11.6 Å². The van der Waals surface area contributed by atoms with E-state index in [-0.39, 0.29) is 5.82 Å². The van der Waals surface area contributed by atoms with Gasteiger partial charge in [0.15, 0.2) is 0 Å². The van der Waals surface area contributed by atoms with E-state index in [4.69, 9.17) is 10.5 Å². The number of nitrogen functional groups attached to an aromatic ring is 1. The maximum atomic E-state index is 13.7. The molecule has 0 aliphatic carbocycles. The Morgan fingerprint density at radius 2 is 1.95 bits per heavy atom.